The Balaban J connectivity index is 1.60. The van der Waals surface area contributed by atoms with Gasteiger partial charge in [-0.25, -0.2) is 4.79 Å². The first kappa shape index (κ1) is 18.7. The number of carboxylic acids is 1. The Morgan fingerprint density at radius 3 is 2.58 bits per heavy atom. The molecule has 3 atom stereocenters. The van der Waals surface area contributed by atoms with E-state index >= 15 is 0 Å². The quantitative estimate of drug-likeness (QED) is 0.857. The van der Waals surface area contributed by atoms with Gasteiger partial charge in [-0.3, -0.25) is 4.79 Å². The number of rotatable bonds is 5. The van der Waals surface area contributed by atoms with Crippen molar-refractivity contribution in [3.05, 3.63) is 30.3 Å². The molecule has 1 N–H and O–H groups in total. The molecule has 0 aliphatic carbocycles. The van der Waals surface area contributed by atoms with Crippen LogP contribution in [0.1, 0.15) is 26.7 Å². The Morgan fingerprint density at radius 2 is 1.92 bits per heavy atom. The summed E-state index contributed by atoms with van der Waals surface area (Å²) in [4.78, 5) is 25.5. The zero-order valence-corrected chi connectivity index (χ0v) is 15.1. The summed E-state index contributed by atoms with van der Waals surface area (Å²) in [5.41, 5.74) is -0.510. The van der Waals surface area contributed by atoms with Crippen molar-refractivity contribution in [1.82, 2.24) is 4.90 Å². The zero-order valence-electron chi connectivity index (χ0n) is 15.1. The SMILES string of the molecule is CC1(C)CN(C(=O)[C@@H]2CC[C@H](C(=O)O)O2)CC(COc2ccccc2)O1. The number of carboxylic acid groups (broad SMARTS) is 1. The van der Waals surface area contributed by atoms with Crippen molar-refractivity contribution >= 4 is 11.9 Å². The van der Waals surface area contributed by atoms with Crippen LogP contribution in [0.2, 0.25) is 0 Å². The monoisotopic (exact) mass is 363 g/mol. The second-order valence-corrected chi connectivity index (χ2v) is 7.37. The van der Waals surface area contributed by atoms with Crippen LogP contribution in [0, 0.1) is 0 Å². The summed E-state index contributed by atoms with van der Waals surface area (Å²) >= 11 is 0. The van der Waals surface area contributed by atoms with Gasteiger partial charge in [0, 0.05) is 6.54 Å². The van der Waals surface area contributed by atoms with Gasteiger partial charge in [-0.1, -0.05) is 18.2 Å². The highest BCUT2D eigenvalue weighted by Gasteiger charge is 2.41. The minimum absolute atomic E-state index is 0.171. The van der Waals surface area contributed by atoms with Crippen molar-refractivity contribution in [3.8, 4) is 5.75 Å². The minimum atomic E-state index is -1.02. The molecule has 7 heteroatoms. The third kappa shape index (κ3) is 4.53. The molecule has 3 rings (SSSR count). The van der Waals surface area contributed by atoms with Crippen LogP contribution in [-0.2, 0) is 19.1 Å². The number of nitrogens with zero attached hydrogens (tertiary/aromatic N) is 1. The lowest BCUT2D eigenvalue weighted by Crippen LogP contribution is -2.57. The van der Waals surface area contributed by atoms with E-state index < -0.39 is 23.8 Å². The molecule has 0 aromatic heterocycles. The molecule has 26 heavy (non-hydrogen) atoms. The van der Waals surface area contributed by atoms with Crippen LogP contribution in [0.3, 0.4) is 0 Å². The summed E-state index contributed by atoms with van der Waals surface area (Å²) < 4.78 is 17.2. The van der Waals surface area contributed by atoms with Crippen molar-refractivity contribution in [3.63, 3.8) is 0 Å². The number of hydrogen-bond acceptors (Lipinski definition) is 5. The summed E-state index contributed by atoms with van der Waals surface area (Å²) in [7, 11) is 0. The van der Waals surface area contributed by atoms with Crippen molar-refractivity contribution in [2.45, 2.75) is 50.6 Å². The first-order valence-corrected chi connectivity index (χ1v) is 8.87. The van der Waals surface area contributed by atoms with Gasteiger partial charge in [0.05, 0.1) is 12.1 Å². The predicted molar refractivity (Wildman–Crippen MR) is 93.0 cm³/mol. The number of carbonyl (C=O) groups is 2. The van der Waals surface area contributed by atoms with E-state index in [4.69, 9.17) is 19.3 Å². The fraction of sp³-hybridized carbons (Fsp3) is 0.579. The van der Waals surface area contributed by atoms with Gasteiger partial charge in [0.1, 0.15) is 24.6 Å². The number of amides is 1. The van der Waals surface area contributed by atoms with Gasteiger partial charge in [0.15, 0.2) is 6.10 Å². The average molecular weight is 363 g/mol. The molecule has 2 heterocycles. The molecule has 2 aliphatic heterocycles. The van der Waals surface area contributed by atoms with Crippen LogP contribution < -0.4 is 4.74 Å². The number of morpholine rings is 1. The lowest BCUT2D eigenvalue weighted by atomic mass is 10.0. The Morgan fingerprint density at radius 1 is 1.23 bits per heavy atom. The highest BCUT2D eigenvalue weighted by atomic mass is 16.6. The Hall–Kier alpha value is -2.12. The van der Waals surface area contributed by atoms with Crippen LogP contribution >= 0.6 is 0 Å². The summed E-state index contributed by atoms with van der Waals surface area (Å²) in [6.07, 6.45) is -1.06. The van der Waals surface area contributed by atoms with Crippen molar-refractivity contribution < 1.29 is 28.9 Å². The lowest BCUT2D eigenvalue weighted by molar-refractivity contribution is -0.174. The molecular formula is C19H25NO6. The van der Waals surface area contributed by atoms with E-state index in [2.05, 4.69) is 0 Å². The van der Waals surface area contributed by atoms with E-state index in [9.17, 15) is 9.59 Å². The van der Waals surface area contributed by atoms with Gasteiger partial charge in [-0.2, -0.15) is 0 Å². The van der Waals surface area contributed by atoms with Crippen LogP contribution in [-0.4, -0.2) is 65.5 Å². The molecule has 2 saturated heterocycles. The number of benzene rings is 1. The smallest absolute Gasteiger partial charge is 0.332 e. The maximum Gasteiger partial charge on any atom is 0.332 e. The Labute approximate surface area is 152 Å². The van der Waals surface area contributed by atoms with E-state index in [1.165, 1.54) is 0 Å². The summed E-state index contributed by atoms with van der Waals surface area (Å²) in [6.45, 7) is 5.02. The maximum atomic E-state index is 12.8. The average Bonchev–Trinajstić information content (AvgIpc) is 3.09. The van der Waals surface area contributed by atoms with Crippen molar-refractivity contribution in [2.75, 3.05) is 19.7 Å². The molecule has 0 bridgehead atoms. The van der Waals surface area contributed by atoms with Crippen molar-refractivity contribution in [1.29, 1.82) is 0 Å². The van der Waals surface area contributed by atoms with Gasteiger partial charge in [0.25, 0.3) is 5.91 Å². The topological polar surface area (TPSA) is 85.3 Å². The summed E-state index contributed by atoms with van der Waals surface area (Å²) in [6, 6.07) is 9.45. The number of carbonyl (C=O) groups excluding carboxylic acids is 1. The van der Waals surface area contributed by atoms with Gasteiger partial charge < -0.3 is 24.2 Å². The van der Waals surface area contributed by atoms with Gasteiger partial charge >= 0.3 is 5.97 Å². The number of para-hydroxylation sites is 1. The molecular weight excluding hydrogens is 338 g/mol. The molecule has 142 valence electrons. The molecule has 1 aromatic rings. The Kier molecular flexibility index (Phi) is 5.48. The fourth-order valence-electron chi connectivity index (χ4n) is 3.46. The second-order valence-electron chi connectivity index (χ2n) is 7.37. The van der Waals surface area contributed by atoms with Crippen molar-refractivity contribution in [2.24, 2.45) is 0 Å². The predicted octanol–water partition coefficient (Wildman–Crippen LogP) is 1.70. The van der Waals surface area contributed by atoms with Crippen LogP contribution in [0.15, 0.2) is 30.3 Å². The molecule has 7 nitrogen and oxygen atoms in total. The summed E-state index contributed by atoms with van der Waals surface area (Å²) in [5, 5.41) is 9.04. The normalized spacial score (nSPS) is 27.9. The van der Waals surface area contributed by atoms with E-state index in [0.717, 1.165) is 5.75 Å². The van der Waals surface area contributed by atoms with Gasteiger partial charge in [-0.15, -0.1) is 0 Å². The molecule has 0 spiro atoms. The number of hydrogen-bond donors (Lipinski definition) is 1. The molecule has 1 unspecified atom stereocenters. The zero-order chi connectivity index (χ0) is 18.7. The largest absolute Gasteiger partial charge is 0.491 e. The van der Waals surface area contributed by atoms with Crippen LogP contribution in [0.4, 0.5) is 0 Å². The highest BCUT2D eigenvalue weighted by Crippen LogP contribution is 2.26. The lowest BCUT2D eigenvalue weighted by Gasteiger charge is -2.43. The first-order valence-electron chi connectivity index (χ1n) is 8.87. The van der Waals surface area contributed by atoms with E-state index in [1.807, 2.05) is 44.2 Å². The number of ether oxygens (including phenoxy) is 3. The molecule has 2 aliphatic rings. The van der Waals surface area contributed by atoms with Gasteiger partial charge in [0.2, 0.25) is 0 Å². The first-order chi connectivity index (χ1) is 12.3. The molecule has 0 saturated carbocycles. The maximum absolute atomic E-state index is 12.8. The summed E-state index contributed by atoms with van der Waals surface area (Å²) in [5.74, 6) is -0.438. The standard InChI is InChI=1S/C19H25NO6/c1-19(2)12-20(17(21)15-8-9-16(25-15)18(22)23)10-14(26-19)11-24-13-6-4-3-5-7-13/h3-7,14-16H,8-12H2,1-2H3,(H,22,23)/t14?,15-,16+/m0/s1. The fourth-order valence-corrected chi connectivity index (χ4v) is 3.46. The molecule has 1 amide bonds. The van der Waals surface area contributed by atoms with E-state index in [0.29, 0.717) is 32.5 Å². The second kappa shape index (κ2) is 7.63. The number of aliphatic carboxylic acids is 1. The third-order valence-electron chi connectivity index (χ3n) is 4.54. The van der Waals surface area contributed by atoms with E-state index in [-0.39, 0.29) is 12.0 Å². The third-order valence-corrected chi connectivity index (χ3v) is 4.54. The molecule has 1 aromatic carbocycles. The van der Waals surface area contributed by atoms with E-state index in [1.54, 1.807) is 4.90 Å². The highest BCUT2D eigenvalue weighted by molar-refractivity contribution is 5.83. The van der Waals surface area contributed by atoms with Crippen LogP contribution in [0.25, 0.3) is 0 Å². The van der Waals surface area contributed by atoms with Gasteiger partial charge in [-0.05, 0) is 38.8 Å². The minimum Gasteiger partial charge on any atom is -0.491 e. The molecule has 2 fully saturated rings. The molecule has 0 radical (unpaired) electrons. The van der Waals surface area contributed by atoms with Crippen LogP contribution in [0.5, 0.6) is 5.75 Å². The Bertz CT molecular complexity index is 647.